The van der Waals surface area contributed by atoms with Gasteiger partial charge in [0.15, 0.2) is 0 Å². The molecule has 0 aromatic rings. The number of hydrogen-bond donors (Lipinski definition) is 1. The highest BCUT2D eigenvalue weighted by molar-refractivity contribution is 4.80. The van der Waals surface area contributed by atoms with E-state index in [1.54, 1.807) is 0 Å². The molecule has 2 unspecified atom stereocenters. The minimum absolute atomic E-state index is 0.146. The fraction of sp³-hybridized carbons (Fsp3) is 1.00. The molecule has 17 heavy (non-hydrogen) atoms. The zero-order valence-electron chi connectivity index (χ0n) is 10.6. The molecule has 2 atom stereocenters. The van der Waals surface area contributed by atoms with E-state index in [9.17, 15) is 13.2 Å². The molecular formula is C12H23F3N2. The van der Waals surface area contributed by atoms with Crippen LogP contribution in [0.5, 0.6) is 0 Å². The Labute approximate surface area is 101 Å². The van der Waals surface area contributed by atoms with Crippen molar-refractivity contribution < 1.29 is 13.2 Å². The summed E-state index contributed by atoms with van der Waals surface area (Å²) in [6.07, 6.45) is -3.14. The summed E-state index contributed by atoms with van der Waals surface area (Å²) in [7, 11) is 0. The van der Waals surface area contributed by atoms with Gasteiger partial charge in [-0.1, -0.05) is 13.8 Å². The Bertz CT molecular complexity index is 226. The topological polar surface area (TPSA) is 29.3 Å². The third-order valence-electron chi connectivity index (χ3n) is 3.71. The maximum Gasteiger partial charge on any atom is 0.393 e. The Morgan fingerprint density at radius 2 is 2.00 bits per heavy atom. The van der Waals surface area contributed by atoms with Crippen LogP contribution in [-0.2, 0) is 0 Å². The first-order valence-electron chi connectivity index (χ1n) is 6.33. The number of piperidine rings is 1. The van der Waals surface area contributed by atoms with Crippen LogP contribution >= 0.6 is 0 Å². The normalized spacial score (nSPS) is 25.2. The summed E-state index contributed by atoms with van der Waals surface area (Å²) in [4.78, 5) is 1.93. The van der Waals surface area contributed by atoms with Crippen molar-refractivity contribution in [2.75, 3.05) is 26.2 Å². The van der Waals surface area contributed by atoms with Crippen molar-refractivity contribution in [3.63, 3.8) is 0 Å². The molecule has 102 valence electrons. The lowest BCUT2D eigenvalue weighted by Crippen LogP contribution is -2.45. The van der Waals surface area contributed by atoms with Crippen molar-refractivity contribution in [1.29, 1.82) is 0 Å². The van der Waals surface area contributed by atoms with E-state index in [0.717, 1.165) is 6.54 Å². The van der Waals surface area contributed by atoms with Crippen LogP contribution in [0, 0.1) is 17.8 Å². The van der Waals surface area contributed by atoms with Crippen LogP contribution in [0.4, 0.5) is 13.2 Å². The molecule has 0 radical (unpaired) electrons. The highest BCUT2D eigenvalue weighted by Gasteiger charge is 2.41. The Hall–Kier alpha value is -0.290. The summed E-state index contributed by atoms with van der Waals surface area (Å²) >= 11 is 0. The third kappa shape index (κ3) is 4.47. The van der Waals surface area contributed by atoms with Gasteiger partial charge in [-0.25, -0.2) is 0 Å². The number of nitrogens with zero attached hydrogens (tertiary/aromatic N) is 1. The van der Waals surface area contributed by atoms with E-state index in [4.69, 9.17) is 5.73 Å². The summed E-state index contributed by atoms with van der Waals surface area (Å²) in [5, 5.41) is 0. The van der Waals surface area contributed by atoms with Crippen LogP contribution in [0.2, 0.25) is 0 Å². The number of rotatable bonds is 4. The molecule has 1 fully saturated rings. The Balaban J connectivity index is 2.49. The van der Waals surface area contributed by atoms with Gasteiger partial charge in [0, 0.05) is 13.1 Å². The lowest BCUT2D eigenvalue weighted by molar-refractivity contribution is -0.187. The van der Waals surface area contributed by atoms with Crippen molar-refractivity contribution in [2.24, 2.45) is 23.5 Å². The van der Waals surface area contributed by atoms with Crippen LogP contribution in [0.25, 0.3) is 0 Å². The van der Waals surface area contributed by atoms with Crippen molar-refractivity contribution in [1.82, 2.24) is 4.90 Å². The molecule has 0 aromatic heterocycles. The van der Waals surface area contributed by atoms with Gasteiger partial charge >= 0.3 is 6.18 Å². The van der Waals surface area contributed by atoms with Crippen molar-refractivity contribution in [3.05, 3.63) is 0 Å². The average molecular weight is 252 g/mol. The zero-order chi connectivity index (χ0) is 13.1. The molecule has 2 nitrogen and oxygen atoms in total. The van der Waals surface area contributed by atoms with E-state index < -0.39 is 12.1 Å². The quantitative estimate of drug-likeness (QED) is 0.833. The average Bonchev–Trinajstić information content (AvgIpc) is 2.24. The monoisotopic (exact) mass is 252 g/mol. The number of halogens is 3. The number of alkyl halides is 3. The van der Waals surface area contributed by atoms with E-state index >= 15 is 0 Å². The van der Waals surface area contributed by atoms with Crippen molar-refractivity contribution in [3.8, 4) is 0 Å². The molecule has 1 aliphatic heterocycles. The largest absolute Gasteiger partial charge is 0.393 e. The first-order valence-corrected chi connectivity index (χ1v) is 6.33. The molecule has 0 bridgehead atoms. The van der Waals surface area contributed by atoms with Gasteiger partial charge in [0.05, 0.1) is 5.92 Å². The van der Waals surface area contributed by atoms with E-state index in [1.807, 2.05) is 4.90 Å². The van der Waals surface area contributed by atoms with Crippen LogP contribution in [0.15, 0.2) is 0 Å². The predicted octanol–water partition coefficient (Wildman–Crippen LogP) is 2.49. The van der Waals surface area contributed by atoms with Gasteiger partial charge in [-0.15, -0.1) is 0 Å². The van der Waals surface area contributed by atoms with Gasteiger partial charge in [0.25, 0.3) is 0 Å². The second kappa shape index (κ2) is 6.05. The first-order chi connectivity index (χ1) is 7.84. The molecule has 0 aromatic carbocycles. The zero-order valence-corrected chi connectivity index (χ0v) is 10.6. The van der Waals surface area contributed by atoms with Gasteiger partial charge in [0.2, 0.25) is 0 Å². The van der Waals surface area contributed by atoms with E-state index in [-0.39, 0.29) is 13.0 Å². The number of hydrogen-bond acceptors (Lipinski definition) is 2. The molecular weight excluding hydrogens is 229 g/mol. The number of likely N-dealkylation sites (tertiary alicyclic amines) is 1. The SMILES string of the molecule is CC(C)C(CN)CN1CCCC(C(F)(F)F)C1. The second-order valence-corrected chi connectivity index (χ2v) is 5.38. The van der Waals surface area contributed by atoms with Gasteiger partial charge < -0.3 is 10.6 Å². The van der Waals surface area contributed by atoms with E-state index in [0.29, 0.717) is 31.3 Å². The molecule has 0 amide bonds. The van der Waals surface area contributed by atoms with Crippen LogP contribution < -0.4 is 5.73 Å². The highest BCUT2D eigenvalue weighted by atomic mass is 19.4. The minimum Gasteiger partial charge on any atom is -0.330 e. The summed E-state index contributed by atoms with van der Waals surface area (Å²) in [6, 6.07) is 0. The fourth-order valence-corrected chi connectivity index (χ4v) is 2.38. The lowest BCUT2D eigenvalue weighted by atomic mass is 9.92. The molecule has 0 spiro atoms. The van der Waals surface area contributed by atoms with E-state index in [1.165, 1.54) is 0 Å². The minimum atomic E-state index is -4.05. The first kappa shape index (κ1) is 14.8. The molecule has 5 heteroatoms. The van der Waals surface area contributed by atoms with Crippen molar-refractivity contribution >= 4 is 0 Å². The summed E-state index contributed by atoms with van der Waals surface area (Å²) in [6.45, 7) is 6.31. The maximum absolute atomic E-state index is 12.6. The Morgan fingerprint density at radius 1 is 1.35 bits per heavy atom. The van der Waals surface area contributed by atoms with Crippen LogP contribution in [-0.4, -0.2) is 37.3 Å². The molecule has 2 N–H and O–H groups in total. The second-order valence-electron chi connectivity index (χ2n) is 5.38. The molecule has 0 saturated carbocycles. The summed E-state index contributed by atoms with van der Waals surface area (Å²) in [5.74, 6) is -0.435. The summed E-state index contributed by atoms with van der Waals surface area (Å²) in [5.41, 5.74) is 5.66. The summed E-state index contributed by atoms with van der Waals surface area (Å²) < 4.78 is 37.9. The van der Waals surface area contributed by atoms with Crippen molar-refractivity contribution in [2.45, 2.75) is 32.9 Å². The predicted molar refractivity (Wildman–Crippen MR) is 62.6 cm³/mol. The molecule has 1 heterocycles. The van der Waals surface area contributed by atoms with E-state index in [2.05, 4.69) is 13.8 Å². The smallest absolute Gasteiger partial charge is 0.330 e. The standard InChI is InChI=1S/C12H23F3N2/c1-9(2)10(6-16)7-17-5-3-4-11(8-17)12(13,14)15/h9-11H,3-8,16H2,1-2H3. The third-order valence-corrected chi connectivity index (χ3v) is 3.71. The lowest BCUT2D eigenvalue weighted by Gasteiger charge is -2.36. The van der Waals surface area contributed by atoms with Gasteiger partial charge in [0.1, 0.15) is 0 Å². The molecule has 1 saturated heterocycles. The van der Waals surface area contributed by atoms with Gasteiger partial charge in [-0.2, -0.15) is 13.2 Å². The molecule has 0 aliphatic carbocycles. The fourth-order valence-electron chi connectivity index (χ4n) is 2.38. The van der Waals surface area contributed by atoms with Gasteiger partial charge in [-0.3, -0.25) is 0 Å². The molecule has 1 aliphatic rings. The highest BCUT2D eigenvalue weighted by Crippen LogP contribution is 2.33. The van der Waals surface area contributed by atoms with Gasteiger partial charge in [-0.05, 0) is 37.8 Å². The molecule has 1 rings (SSSR count). The maximum atomic E-state index is 12.6. The Kier molecular flexibility index (Phi) is 5.25. The Morgan fingerprint density at radius 3 is 2.47 bits per heavy atom. The number of nitrogens with two attached hydrogens (primary N) is 1. The van der Waals surface area contributed by atoms with Crippen LogP contribution in [0.3, 0.4) is 0 Å². The van der Waals surface area contributed by atoms with Crippen LogP contribution in [0.1, 0.15) is 26.7 Å².